The Labute approximate surface area is 108 Å². The van der Waals surface area contributed by atoms with E-state index in [2.05, 4.69) is 13.8 Å². The monoisotopic (exact) mass is 254 g/mol. The Kier molecular flexibility index (Phi) is 4.82. The van der Waals surface area contributed by atoms with Gasteiger partial charge in [-0.2, -0.15) is 0 Å². The van der Waals surface area contributed by atoms with E-state index in [9.17, 15) is 4.79 Å². The first kappa shape index (κ1) is 13.8. The van der Waals surface area contributed by atoms with Crippen molar-refractivity contribution in [1.82, 2.24) is 4.90 Å². The number of amides is 1. The van der Waals surface area contributed by atoms with E-state index >= 15 is 0 Å². The van der Waals surface area contributed by atoms with Gasteiger partial charge in [0.05, 0.1) is 10.7 Å². The van der Waals surface area contributed by atoms with E-state index in [1.54, 1.807) is 23.1 Å². The summed E-state index contributed by atoms with van der Waals surface area (Å²) >= 11 is 5.83. The lowest BCUT2D eigenvalue weighted by Crippen LogP contribution is -2.36. The van der Waals surface area contributed by atoms with Crippen LogP contribution in [0.1, 0.15) is 37.0 Å². The summed E-state index contributed by atoms with van der Waals surface area (Å²) in [6.07, 6.45) is 1.89. The first-order valence-electron chi connectivity index (χ1n) is 5.83. The van der Waals surface area contributed by atoms with Gasteiger partial charge in [-0.3, -0.25) is 4.79 Å². The van der Waals surface area contributed by atoms with Gasteiger partial charge in [0.1, 0.15) is 0 Å². The summed E-state index contributed by atoms with van der Waals surface area (Å²) in [7, 11) is 1.82. The van der Waals surface area contributed by atoms with Crippen molar-refractivity contribution in [1.29, 1.82) is 0 Å². The molecule has 94 valence electrons. The minimum absolute atomic E-state index is 0.0120. The maximum atomic E-state index is 12.2. The SMILES string of the molecule is CCC(CC)N(C)C(=O)c1ccc(Cl)c(N)c1. The number of nitrogen functional groups attached to an aromatic ring is 1. The van der Waals surface area contributed by atoms with Crippen LogP contribution in [-0.4, -0.2) is 23.9 Å². The zero-order chi connectivity index (χ0) is 13.0. The van der Waals surface area contributed by atoms with Crippen LogP contribution in [-0.2, 0) is 0 Å². The molecule has 0 bridgehead atoms. The standard InChI is InChI=1S/C13H19ClN2O/c1-4-10(5-2)16(3)13(17)9-6-7-11(14)12(15)8-9/h6-8,10H,4-5,15H2,1-3H3. The molecular weight excluding hydrogens is 236 g/mol. The van der Waals surface area contributed by atoms with Gasteiger partial charge in [-0.25, -0.2) is 0 Å². The highest BCUT2D eigenvalue weighted by molar-refractivity contribution is 6.33. The van der Waals surface area contributed by atoms with E-state index in [0.29, 0.717) is 16.3 Å². The van der Waals surface area contributed by atoms with Crippen LogP contribution in [0, 0.1) is 0 Å². The number of benzene rings is 1. The number of anilines is 1. The Morgan fingerprint density at radius 2 is 2.00 bits per heavy atom. The van der Waals surface area contributed by atoms with E-state index in [1.165, 1.54) is 0 Å². The molecule has 1 aromatic rings. The minimum Gasteiger partial charge on any atom is -0.398 e. The molecule has 1 rings (SSSR count). The summed E-state index contributed by atoms with van der Waals surface area (Å²) in [6.45, 7) is 4.16. The Morgan fingerprint density at radius 1 is 1.41 bits per heavy atom. The summed E-state index contributed by atoms with van der Waals surface area (Å²) < 4.78 is 0. The van der Waals surface area contributed by atoms with Crippen molar-refractivity contribution in [2.45, 2.75) is 32.7 Å². The lowest BCUT2D eigenvalue weighted by atomic mass is 10.1. The van der Waals surface area contributed by atoms with Crippen LogP contribution in [0.15, 0.2) is 18.2 Å². The fraction of sp³-hybridized carbons (Fsp3) is 0.462. The van der Waals surface area contributed by atoms with Gasteiger partial charge in [-0.1, -0.05) is 25.4 Å². The van der Waals surface area contributed by atoms with E-state index in [4.69, 9.17) is 17.3 Å². The molecule has 0 aliphatic heterocycles. The Morgan fingerprint density at radius 3 is 2.47 bits per heavy atom. The molecule has 3 nitrogen and oxygen atoms in total. The van der Waals surface area contributed by atoms with Gasteiger partial charge in [0.25, 0.3) is 5.91 Å². The molecule has 0 saturated heterocycles. The van der Waals surface area contributed by atoms with Crippen molar-refractivity contribution in [3.63, 3.8) is 0 Å². The average Bonchev–Trinajstić information content (AvgIpc) is 2.33. The number of hydrogen-bond acceptors (Lipinski definition) is 2. The third-order valence-electron chi connectivity index (χ3n) is 3.05. The highest BCUT2D eigenvalue weighted by Gasteiger charge is 2.18. The van der Waals surface area contributed by atoms with Gasteiger partial charge in [0.2, 0.25) is 0 Å². The van der Waals surface area contributed by atoms with Crippen LogP contribution >= 0.6 is 11.6 Å². The smallest absolute Gasteiger partial charge is 0.253 e. The normalized spacial score (nSPS) is 10.6. The molecule has 0 fully saturated rings. The largest absolute Gasteiger partial charge is 0.398 e. The summed E-state index contributed by atoms with van der Waals surface area (Å²) in [5, 5.41) is 0.478. The van der Waals surface area contributed by atoms with Crippen LogP contribution in [0.4, 0.5) is 5.69 Å². The summed E-state index contributed by atoms with van der Waals surface area (Å²) in [5.74, 6) is -0.0120. The van der Waals surface area contributed by atoms with Crippen molar-refractivity contribution in [2.24, 2.45) is 0 Å². The van der Waals surface area contributed by atoms with E-state index in [-0.39, 0.29) is 11.9 Å². The van der Waals surface area contributed by atoms with Crippen molar-refractivity contribution in [2.75, 3.05) is 12.8 Å². The molecule has 0 aliphatic rings. The molecule has 0 spiro atoms. The second-order valence-corrected chi connectivity index (χ2v) is 4.53. The number of nitrogens with zero attached hydrogens (tertiary/aromatic N) is 1. The molecule has 0 unspecified atom stereocenters. The molecule has 0 radical (unpaired) electrons. The van der Waals surface area contributed by atoms with E-state index in [0.717, 1.165) is 12.8 Å². The molecule has 17 heavy (non-hydrogen) atoms. The van der Waals surface area contributed by atoms with Crippen molar-refractivity contribution < 1.29 is 4.79 Å². The van der Waals surface area contributed by atoms with Crippen LogP contribution in [0.2, 0.25) is 5.02 Å². The van der Waals surface area contributed by atoms with Gasteiger partial charge in [0, 0.05) is 18.7 Å². The Bertz CT molecular complexity index is 402. The fourth-order valence-electron chi connectivity index (χ4n) is 1.88. The molecule has 2 N–H and O–H groups in total. The summed E-state index contributed by atoms with van der Waals surface area (Å²) in [6, 6.07) is 5.26. The van der Waals surface area contributed by atoms with Gasteiger partial charge >= 0.3 is 0 Å². The highest BCUT2D eigenvalue weighted by atomic mass is 35.5. The van der Waals surface area contributed by atoms with Gasteiger partial charge < -0.3 is 10.6 Å². The Hall–Kier alpha value is -1.22. The highest BCUT2D eigenvalue weighted by Crippen LogP contribution is 2.21. The molecule has 0 heterocycles. The molecule has 0 atom stereocenters. The molecule has 4 heteroatoms. The van der Waals surface area contributed by atoms with E-state index in [1.807, 2.05) is 7.05 Å². The van der Waals surface area contributed by atoms with Gasteiger partial charge in [-0.15, -0.1) is 0 Å². The van der Waals surface area contributed by atoms with E-state index < -0.39 is 0 Å². The molecule has 1 aromatic carbocycles. The van der Waals surface area contributed by atoms with Gasteiger partial charge in [-0.05, 0) is 31.0 Å². The first-order valence-corrected chi connectivity index (χ1v) is 6.21. The molecular formula is C13H19ClN2O. The third kappa shape index (κ3) is 3.13. The molecule has 0 aliphatic carbocycles. The van der Waals surface area contributed by atoms with Crippen molar-refractivity contribution >= 4 is 23.2 Å². The minimum atomic E-state index is -0.0120. The van der Waals surface area contributed by atoms with Crippen LogP contribution in [0.25, 0.3) is 0 Å². The number of halogens is 1. The lowest BCUT2D eigenvalue weighted by Gasteiger charge is -2.26. The Balaban J connectivity index is 2.92. The predicted molar refractivity (Wildman–Crippen MR) is 72.3 cm³/mol. The zero-order valence-electron chi connectivity index (χ0n) is 10.5. The second kappa shape index (κ2) is 5.92. The van der Waals surface area contributed by atoms with Crippen LogP contribution in [0.5, 0.6) is 0 Å². The number of carbonyl (C=O) groups is 1. The number of carbonyl (C=O) groups excluding carboxylic acids is 1. The number of nitrogens with two attached hydrogens (primary N) is 1. The quantitative estimate of drug-likeness (QED) is 0.839. The topological polar surface area (TPSA) is 46.3 Å². The number of rotatable bonds is 4. The molecule has 1 amide bonds. The third-order valence-corrected chi connectivity index (χ3v) is 3.40. The fourth-order valence-corrected chi connectivity index (χ4v) is 2.00. The van der Waals surface area contributed by atoms with Crippen molar-refractivity contribution in [3.05, 3.63) is 28.8 Å². The zero-order valence-corrected chi connectivity index (χ0v) is 11.3. The van der Waals surface area contributed by atoms with Gasteiger partial charge in [0.15, 0.2) is 0 Å². The number of hydrogen-bond donors (Lipinski definition) is 1. The van der Waals surface area contributed by atoms with Crippen LogP contribution in [0.3, 0.4) is 0 Å². The average molecular weight is 255 g/mol. The van der Waals surface area contributed by atoms with Crippen molar-refractivity contribution in [3.8, 4) is 0 Å². The lowest BCUT2D eigenvalue weighted by molar-refractivity contribution is 0.0724. The summed E-state index contributed by atoms with van der Waals surface area (Å²) in [5.41, 5.74) is 6.72. The predicted octanol–water partition coefficient (Wildman–Crippen LogP) is 3.18. The molecule has 0 aromatic heterocycles. The molecule has 0 saturated carbocycles. The first-order chi connectivity index (χ1) is 8.01. The second-order valence-electron chi connectivity index (χ2n) is 4.12. The summed E-state index contributed by atoms with van der Waals surface area (Å²) in [4.78, 5) is 14.0. The maximum Gasteiger partial charge on any atom is 0.253 e. The van der Waals surface area contributed by atoms with Crippen LogP contribution < -0.4 is 5.73 Å². The maximum absolute atomic E-state index is 12.2.